The Morgan fingerprint density at radius 1 is 1.26 bits per heavy atom. The highest BCUT2D eigenvalue weighted by Gasteiger charge is 2.15. The van der Waals surface area contributed by atoms with Gasteiger partial charge in [0.2, 0.25) is 0 Å². The van der Waals surface area contributed by atoms with E-state index >= 15 is 0 Å². The molecule has 0 fully saturated rings. The normalized spacial score (nSPS) is 10.8. The number of rotatable bonds is 2. The van der Waals surface area contributed by atoms with Gasteiger partial charge in [0.15, 0.2) is 11.6 Å². The van der Waals surface area contributed by atoms with Crippen LogP contribution >= 0.6 is 0 Å². The van der Waals surface area contributed by atoms with Gasteiger partial charge in [0.25, 0.3) is 0 Å². The molecule has 0 aliphatic carbocycles. The molecule has 0 saturated heterocycles. The molecule has 0 unspecified atom stereocenters. The summed E-state index contributed by atoms with van der Waals surface area (Å²) in [4.78, 5) is 0. The van der Waals surface area contributed by atoms with Gasteiger partial charge in [0.05, 0.1) is 0 Å². The van der Waals surface area contributed by atoms with Crippen molar-refractivity contribution in [2.75, 3.05) is 5.73 Å². The average Bonchev–Trinajstić information content (AvgIpc) is 2.97. The van der Waals surface area contributed by atoms with Gasteiger partial charge in [-0.15, -0.1) is 5.10 Å². The molecular formula is C11H10FN7. The van der Waals surface area contributed by atoms with Crippen molar-refractivity contribution >= 4 is 5.69 Å². The zero-order valence-electron chi connectivity index (χ0n) is 10.0. The molecule has 19 heavy (non-hydrogen) atoms. The fourth-order valence-corrected chi connectivity index (χ4v) is 1.76. The smallest absolute Gasteiger partial charge is 0.191 e. The Hall–Kier alpha value is -2.77. The van der Waals surface area contributed by atoms with Gasteiger partial charge in [-0.2, -0.15) is 9.78 Å². The second-order valence-corrected chi connectivity index (χ2v) is 3.99. The van der Waals surface area contributed by atoms with Gasteiger partial charge >= 0.3 is 0 Å². The number of nitrogen functional groups attached to an aromatic ring is 1. The predicted molar refractivity (Wildman–Crippen MR) is 65.7 cm³/mol. The van der Waals surface area contributed by atoms with Crippen molar-refractivity contribution in [1.29, 1.82) is 0 Å². The summed E-state index contributed by atoms with van der Waals surface area (Å²) >= 11 is 0. The van der Waals surface area contributed by atoms with Crippen LogP contribution in [0.2, 0.25) is 0 Å². The van der Waals surface area contributed by atoms with E-state index in [1.54, 1.807) is 24.0 Å². The topological polar surface area (TPSA) is 87.4 Å². The van der Waals surface area contributed by atoms with Gasteiger partial charge in [-0.25, -0.2) is 4.39 Å². The molecule has 2 heterocycles. The molecule has 7 nitrogen and oxygen atoms in total. The van der Waals surface area contributed by atoms with Gasteiger partial charge in [-0.3, -0.25) is 4.68 Å². The van der Waals surface area contributed by atoms with Crippen molar-refractivity contribution in [2.45, 2.75) is 0 Å². The van der Waals surface area contributed by atoms with Crippen LogP contribution in [0.15, 0.2) is 30.5 Å². The number of nitrogens with zero attached hydrogens (tertiary/aromatic N) is 6. The summed E-state index contributed by atoms with van der Waals surface area (Å²) in [6.45, 7) is 0. The minimum Gasteiger partial charge on any atom is -0.398 e. The van der Waals surface area contributed by atoms with Gasteiger partial charge in [0.1, 0.15) is 5.82 Å². The summed E-state index contributed by atoms with van der Waals surface area (Å²) in [5.74, 6) is 0.570. The molecule has 1 aromatic carbocycles. The summed E-state index contributed by atoms with van der Waals surface area (Å²) in [7, 11) is 1.79. The van der Waals surface area contributed by atoms with Crippen molar-refractivity contribution < 1.29 is 4.39 Å². The minimum absolute atomic E-state index is 0.270. The molecule has 0 radical (unpaired) electrons. The molecule has 0 amide bonds. The summed E-state index contributed by atoms with van der Waals surface area (Å²) in [6.07, 6.45) is 1.77. The minimum atomic E-state index is -0.405. The highest BCUT2D eigenvalue weighted by atomic mass is 19.1. The first kappa shape index (κ1) is 11.3. The molecule has 0 spiro atoms. The second kappa shape index (κ2) is 4.16. The number of anilines is 1. The zero-order chi connectivity index (χ0) is 13.4. The molecule has 0 aliphatic rings. The highest BCUT2D eigenvalue weighted by Crippen LogP contribution is 2.25. The number of hydrogen-bond acceptors (Lipinski definition) is 5. The largest absolute Gasteiger partial charge is 0.398 e. The van der Waals surface area contributed by atoms with Crippen LogP contribution < -0.4 is 5.73 Å². The van der Waals surface area contributed by atoms with Gasteiger partial charge < -0.3 is 5.73 Å². The van der Waals surface area contributed by atoms with E-state index < -0.39 is 5.82 Å². The lowest BCUT2D eigenvalue weighted by Gasteiger charge is -2.04. The molecule has 8 heteroatoms. The van der Waals surface area contributed by atoms with E-state index in [1.165, 1.54) is 22.9 Å². The Balaban J connectivity index is 2.14. The van der Waals surface area contributed by atoms with E-state index in [0.29, 0.717) is 17.2 Å². The van der Waals surface area contributed by atoms with Crippen LogP contribution in [0, 0.1) is 5.82 Å². The first-order valence-corrected chi connectivity index (χ1v) is 5.49. The Kier molecular flexibility index (Phi) is 2.48. The van der Waals surface area contributed by atoms with Gasteiger partial charge in [0, 0.05) is 30.6 Å². The maximum absolute atomic E-state index is 13.1. The fourth-order valence-electron chi connectivity index (χ4n) is 1.76. The summed E-state index contributed by atoms with van der Waals surface area (Å²) in [6, 6.07) is 5.84. The summed E-state index contributed by atoms with van der Waals surface area (Å²) < 4.78 is 16.1. The fraction of sp³-hybridized carbons (Fsp3) is 0.0909. The third-order valence-corrected chi connectivity index (χ3v) is 2.64. The first-order valence-electron chi connectivity index (χ1n) is 5.49. The average molecular weight is 259 g/mol. The van der Waals surface area contributed by atoms with Crippen LogP contribution in [0.4, 0.5) is 10.1 Å². The van der Waals surface area contributed by atoms with Crippen LogP contribution in [0.3, 0.4) is 0 Å². The lowest BCUT2D eigenvalue weighted by molar-refractivity contribution is 0.628. The number of benzene rings is 1. The van der Waals surface area contributed by atoms with Crippen molar-refractivity contribution in [3.63, 3.8) is 0 Å². The number of tetrazole rings is 1. The van der Waals surface area contributed by atoms with Gasteiger partial charge in [-0.05, 0) is 28.6 Å². The summed E-state index contributed by atoms with van der Waals surface area (Å²) in [5.41, 5.74) is 6.61. The number of aryl methyl sites for hydroxylation is 1. The maximum atomic E-state index is 13.1. The van der Waals surface area contributed by atoms with Crippen LogP contribution in [0.5, 0.6) is 0 Å². The SMILES string of the molecule is Cn1ccc(-n2nnnc2-c2ccc(F)cc2N)n1. The molecule has 2 aromatic heterocycles. The quantitative estimate of drug-likeness (QED) is 0.687. The number of aromatic nitrogens is 6. The van der Waals surface area contributed by atoms with Gasteiger partial charge in [-0.1, -0.05) is 0 Å². The lowest BCUT2D eigenvalue weighted by atomic mass is 10.1. The first-order chi connectivity index (χ1) is 9.15. The molecule has 0 bridgehead atoms. The highest BCUT2D eigenvalue weighted by molar-refractivity contribution is 5.71. The van der Waals surface area contributed by atoms with E-state index in [9.17, 15) is 4.39 Å². The Bertz CT molecular complexity index is 730. The summed E-state index contributed by atoms with van der Waals surface area (Å²) in [5, 5.41) is 15.6. The third kappa shape index (κ3) is 1.92. The van der Waals surface area contributed by atoms with Crippen LogP contribution in [-0.2, 0) is 7.05 Å². The molecule has 0 aliphatic heterocycles. The van der Waals surface area contributed by atoms with E-state index in [0.717, 1.165) is 0 Å². The number of hydrogen-bond donors (Lipinski definition) is 1. The maximum Gasteiger partial charge on any atom is 0.191 e. The van der Waals surface area contributed by atoms with E-state index in [-0.39, 0.29) is 5.69 Å². The van der Waals surface area contributed by atoms with Crippen molar-refractivity contribution in [1.82, 2.24) is 30.0 Å². The standard InChI is InChI=1S/C11H10FN7/c1-18-5-4-10(15-18)19-11(14-16-17-19)8-3-2-7(12)6-9(8)13/h2-6H,13H2,1H3. The van der Waals surface area contributed by atoms with Crippen LogP contribution in [0.1, 0.15) is 0 Å². The third-order valence-electron chi connectivity index (χ3n) is 2.64. The molecular weight excluding hydrogens is 249 g/mol. The molecule has 2 N–H and O–H groups in total. The zero-order valence-corrected chi connectivity index (χ0v) is 10.0. The van der Waals surface area contributed by atoms with Crippen molar-refractivity contribution in [2.24, 2.45) is 7.05 Å². The van der Waals surface area contributed by atoms with E-state index in [4.69, 9.17) is 5.73 Å². The Labute approximate surface area is 107 Å². The molecule has 96 valence electrons. The number of halogens is 1. The Morgan fingerprint density at radius 3 is 2.79 bits per heavy atom. The van der Waals surface area contributed by atoms with Crippen LogP contribution in [0.25, 0.3) is 17.2 Å². The Morgan fingerprint density at radius 2 is 2.11 bits per heavy atom. The second-order valence-electron chi connectivity index (χ2n) is 3.99. The molecule has 3 rings (SSSR count). The monoisotopic (exact) mass is 259 g/mol. The van der Waals surface area contributed by atoms with Crippen molar-refractivity contribution in [3.05, 3.63) is 36.3 Å². The van der Waals surface area contributed by atoms with E-state index in [1.807, 2.05) is 0 Å². The molecule has 0 atom stereocenters. The lowest BCUT2D eigenvalue weighted by Crippen LogP contribution is -2.03. The number of nitrogens with two attached hydrogens (primary N) is 1. The van der Waals surface area contributed by atoms with Crippen LogP contribution in [-0.4, -0.2) is 30.0 Å². The molecule has 0 saturated carbocycles. The predicted octanol–water partition coefficient (Wildman–Crippen LogP) is 0.784. The van der Waals surface area contributed by atoms with Crippen molar-refractivity contribution in [3.8, 4) is 17.2 Å². The van der Waals surface area contributed by atoms with E-state index in [2.05, 4.69) is 20.6 Å². The molecule has 3 aromatic rings.